The number of aliphatic imine (C=N–C) groups is 1. The molecule has 0 bridgehead atoms. The molecule has 8 nitrogen and oxygen atoms in total. The minimum absolute atomic E-state index is 0.0231. The molecule has 0 radical (unpaired) electrons. The number of carbonyl (C=O) groups excluding carboxylic acids is 1. The van der Waals surface area contributed by atoms with E-state index in [1.165, 1.54) is 4.90 Å². The number of anilines is 1. The molecule has 0 unspecified atom stereocenters. The Balaban J connectivity index is 1.97. The number of amides is 1. The number of thioether (sulfide) groups is 1. The van der Waals surface area contributed by atoms with Gasteiger partial charge in [0.2, 0.25) is 0 Å². The molecule has 0 saturated carbocycles. The largest absolute Gasteiger partial charge is 0.480 e. The van der Waals surface area contributed by atoms with Crippen molar-refractivity contribution >= 4 is 55.9 Å². The molecule has 2 aliphatic heterocycles. The molecule has 164 valence electrons. The summed E-state index contributed by atoms with van der Waals surface area (Å²) in [6.07, 6.45) is -4.66. The van der Waals surface area contributed by atoms with E-state index < -0.39 is 58.0 Å². The average molecular weight is 487 g/mol. The van der Waals surface area contributed by atoms with Gasteiger partial charge in [-0.05, 0) is 18.2 Å². The van der Waals surface area contributed by atoms with E-state index in [0.717, 1.165) is 30.0 Å². The molecule has 14 heteroatoms. The van der Waals surface area contributed by atoms with Crippen molar-refractivity contribution in [1.82, 2.24) is 0 Å². The molecule has 2 heterocycles. The highest BCUT2D eigenvalue weighted by Crippen LogP contribution is 2.44. The SMILES string of the molecule is O=C(O)COCC(=O)N=C1S[C@H]2CS(=O)(=O)C[C@@H]2N1c1cc(C(F)(F)F)ccc1Cl. The van der Waals surface area contributed by atoms with Crippen molar-refractivity contribution in [3.8, 4) is 0 Å². The first-order valence-corrected chi connectivity index (χ1v) is 11.4. The van der Waals surface area contributed by atoms with Gasteiger partial charge in [0.25, 0.3) is 5.91 Å². The molecule has 1 N–H and O–H groups in total. The van der Waals surface area contributed by atoms with E-state index in [1.807, 2.05) is 0 Å². The van der Waals surface area contributed by atoms with Crippen LogP contribution in [0.2, 0.25) is 5.02 Å². The lowest BCUT2D eigenvalue weighted by Gasteiger charge is -2.26. The van der Waals surface area contributed by atoms with Crippen LogP contribution in [0.15, 0.2) is 23.2 Å². The third kappa shape index (κ3) is 5.07. The van der Waals surface area contributed by atoms with Crippen molar-refractivity contribution < 1.29 is 41.0 Å². The maximum atomic E-state index is 13.2. The van der Waals surface area contributed by atoms with Gasteiger partial charge < -0.3 is 14.7 Å². The monoisotopic (exact) mass is 486 g/mol. The van der Waals surface area contributed by atoms with Crippen LogP contribution in [-0.4, -0.2) is 66.6 Å². The number of amidine groups is 1. The van der Waals surface area contributed by atoms with Crippen molar-refractivity contribution in [3.63, 3.8) is 0 Å². The first-order chi connectivity index (χ1) is 13.9. The van der Waals surface area contributed by atoms with E-state index >= 15 is 0 Å². The molecule has 2 saturated heterocycles. The smallest absolute Gasteiger partial charge is 0.416 e. The summed E-state index contributed by atoms with van der Waals surface area (Å²) in [6.45, 7) is -1.38. The quantitative estimate of drug-likeness (QED) is 0.673. The molecule has 3 rings (SSSR count). The van der Waals surface area contributed by atoms with Crippen molar-refractivity contribution in [2.75, 3.05) is 29.6 Å². The molecular weight excluding hydrogens is 473 g/mol. The molecule has 1 aromatic carbocycles. The summed E-state index contributed by atoms with van der Waals surface area (Å²) >= 11 is 7.05. The lowest BCUT2D eigenvalue weighted by Crippen LogP contribution is -2.38. The zero-order chi connectivity index (χ0) is 22.3. The van der Waals surface area contributed by atoms with Gasteiger partial charge in [0.1, 0.15) is 13.2 Å². The van der Waals surface area contributed by atoms with E-state index in [2.05, 4.69) is 9.73 Å². The summed E-state index contributed by atoms with van der Waals surface area (Å²) in [5.41, 5.74) is -1.12. The number of hydrogen-bond donors (Lipinski definition) is 1. The highest BCUT2D eigenvalue weighted by molar-refractivity contribution is 8.16. The van der Waals surface area contributed by atoms with Gasteiger partial charge in [0, 0.05) is 5.25 Å². The summed E-state index contributed by atoms with van der Waals surface area (Å²) < 4.78 is 68.3. The van der Waals surface area contributed by atoms with Crippen LogP contribution in [0.3, 0.4) is 0 Å². The number of alkyl halides is 3. The fraction of sp³-hybridized carbons (Fsp3) is 0.438. The van der Waals surface area contributed by atoms with Crippen LogP contribution in [0, 0.1) is 0 Å². The highest BCUT2D eigenvalue weighted by atomic mass is 35.5. The number of carboxylic acids is 1. The van der Waals surface area contributed by atoms with Crippen molar-refractivity contribution in [2.45, 2.75) is 17.5 Å². The van der Waals surface area contributed by atoms with Crippen LogP contribution in [0.5, 0.6) is 0 Å². The molecule has 2 atom stereocenters. The molecule has 2 aliphatic rings. The molecule has 1 amide bonds. The summed E-state index contributed by atoms with van der Waals surface area (Å²) in [5.74, 6) is -2.71. The number of carbonyl (C=O) groups is 2. The minimum atomic E-state index is -4.66. The van der Waals surface area contributed by atoms with E-state index in [9.17, 15) is 31.2 Å². The van der Waals surface area contributed by atoms with Gasteiger partial charge in [-0.1, -0.05) is 23.4 Å². The standard InChI is InChI=1S/C16H14ClF3N2O6S2/c17-9-2-1-8(16(18,19)20)3-10(9)22-11-6-30(26,27)7-12(11)29-15(22)21-13(23)4-28-5-14(24)25/h1-3,11-12H,4-7H2,(H,24,25)/t11-,12-/m0/s1. The first kappa shape index (κ1) is 22.8. The van der Waals surface area contributed by atoms with Gasteiger partial charge in [-0.15, -0.1) is 0 Å². The number of ether oxygens (including phenoxy) is 1. The lowest BCUT2D eigenvalue weighted by molar-refractivity contribution is -0.143. The maximum Gasteiger partial charge on any atom is 0.416 e. The van der Waals surface area contributed by atoms with Gasteiger partial charge in [-0.25, -0.2) is 13.2 Å². The van der Waals surface area contributed by atoms with Gasteiger partial charge in [-0.2, -0.15) is 18.2 Å². The molecular formula is C16H14ClF3N2O6S2. The predicted octanol–water partition coefficient (Wildman–Crippen LogP) is 2.06. The number of nitrogens with zero attached hydrogens (tertiary/aromatic N) is 2. The number of sulfone groups is 1. The Labute approximate surface area is 178 Å². The predicted molar refractivity (Wildman–Crippen MR) is 104 cm³/mol. The summed E-state index contributed by atoms with van der Waals surface area (Å²) in [7, 11) is -3.43. The lowest BCUT2D eigenvalue weighted by atomic mass is 10.1. The molecule has 0 spiro atoms. The fourth-order valence-electron chi connectivity index (χ4n) is 3.08. The minimum Gasteiger partial charge on any atom is -0.480 e. The van der Waals surface area contributed by atoms with Crippen LogP contribution in [0.25, 0.3) is 0 Å². The Bertz CT molecular complexity index is 1010. The number of benzene rings is 1. The van der Waals surface area contributed by atoms with E-state index in [0.29, 0.717) is 0 Å². The number of carboxylic acid groups (broad SMARTS) is 1. The number of aliphatic carboxylic acids is 1. The highest BCUT2D eigenvalue weighted by Gasteiger charge is 2.50. The zero-order valence-electron chi connectivity index (χ0n) is 14.9. The second kappa shape index (κ2) is 8.36. The van der Waals surface area contributed by atoms with Crippen LogP contribution in [0.4, 0.5) is 18.9 Å². The number of hydrogen-bond acceptors (Lipinski definition) is 6. The number of rotatable bonds is 5. The third-order valence-corrected chi connectivity index (χ3v) is 7.80. The van der Waals surface area contributed by atoms with E-state index in [4.69, 9.17) is 16.7 Å². The molecule has 0 aliphatic carbocycles. The topological polar surface area (TPSA) is 113 Å². The van der Waals surface area contributed by atoms with Crippen LogP contribution in [0.1, 0.15) is 5.56 Å². The van der Waals surface area contributed by atoms with Crippen LogP contribution < -0.4 is 4.90 Å². The van der Waals surface area contributed by atoms with Crippen LogP contribution >= 0.6 is 23.4 Å². The second-order valence-electron chi connectivity index (χ2n) is 6.51. The average Bonchev–Trinajstić information content (AvgIpc) is 3.05. The van der Waals surface area contributed by atoms with Gasteiger partial charge in [-0.3, -0.25) is 4.79 Å². The maximum absolute atomic E-state index is 13.2. The van der Waals surface area contributed by atoms with Gasteiger partial charge in [0.15, 0.2) is 15.0 Å². The van der Waals surface area contributed by atoms with Crippen molar-refractivity contribution in [2.24, 2.45) is 4.99 Å². The zero-order valence-corrected chi connectivity index (χ0v) is 17.3. The van der Waals surface area contributed by atoms with E-state index in [1.54, 1.807) is 0 Å². The van der Waals surface area contributed by atoms with Crippen molar-refractivity contribution in [1.29, 1.82) is 0 Å². The Morgan fingerprint density at radius 2 is 2.00 bits per heavy atom. The van der Waals surface area contributed by atoms with Gasteiger partial charge in [0.05, 0.1) is 33.8 Å². The fourth-order valence-corrected chi connectivity index (χ4v) is 7.22. The van der Waals surface area contributed by atoms with Crippen LogP contribution in [-0.2, 0) is 30.3 Å². The Hall–Kier alpha value is -1.83. The van der Waals surface area contributed by atoms with E-state index in [-0.39, 0.29) is 27.4 Å². The number of halogens is 4. The molecule has 30 heavy (non-hydrogen) atoms. The Kier molecular flexibility index (Phi) is 6.37. The normalized spacial score (nSPS) is 24.3. The van der Waals surface area contributed by atoms with Gasteiger partial charge >= 0.3 is 12.1 Å². The Morgan fingerprint density at radius 1 is 1.30 bits per heavy atom. The summed E-state index contributed by atoms with van der Waals surface area (Å²) in [5, 5.41) is 7.89. The van der Waals surface area contributed by atoms with Crippen molar-refractivity contribution in [3.05, 3.63) is 28.8 Å². The second-order valence-corrected chi connectivity index (χ2v) is 10.3. The summed E-state index contributed by atoms with van der Waals surface area (Å²) in [4.78, 5) is 27.5. The molecule has 2 fully saturated rings. The third-order valence-electron chi connectivity index (χ3n) is 4.27. The number of fused-ring (bicyclic) bond motifs is 1. The Morgan fingerprint density at radius 3 is 2.63 bits per heavy atom. The molecule has 1 aromatic rings. The first-order valence-electron chi connectivity index (χ1n) is 8.31. The molecule has 0 aromatic heterocycles. The summed E-state index contributed by atoms with van der Waals surface area (Å²) in [6, 6.07) is 1.85.